The van der Waals surface area contributed by atoms with Crippen LogP contribution >= 0.6 is 0 Å². The zero-order valence-corrected chi connectivity index (χ0v) is 16.8. The first-order valence-electron chi connectivity index (χ1n) is 9.87. The molecular weight excluding hydrogens is 374 g/mol. The number of amides is 2. The molecule has 0 aliphatic heterocycles. The van der Waals surface area contributed by atoms with Crippen molar-refractivity contribution in [1.82, 2.24) is 9.88 Å². The van der Waals surface area contributed by atoms with Gasteiger partial charge in [-0.15, -0.1) is 0 Å². The average Bonchev–Trinajstić information content (AvgIpc) is 3.16. The molecule has 0 bridgehead atoms. The van der Waals surface area contributed by atoms with E-state index in [2.05, 4.69) is 46.4 Å². The Balaban J connectivity index is 1.49. The van der Waals surface area contributed by atoms with E-state index in [1.807, 2.05) is 36.5 Å². The third kappa shape index (κ3) is 4.41. The second-order valence-electron chi connectivity index (χ2n) is 7.27. The fourth-order valence-corrected chi connectivity index (χ4v) is 3.55. The first kappa shape index (κ1) is 19.5. The zero-order valence-electron chi connectivity index (χ0n) is 16.8. The van der Waals surface area contributed by atoms with Crippen LogP contribution in [0.25, 0.3) is 10.9 Å². The number of benzene rings is 3. The maximum Gasteiger partial charge on any atom is 0.251 e. The highest BCUT2D eigenvalue weighted by Crippen LogP contribution is 2.25. The molecule has 0 saturated heterocycles. The molecule has 3 aromatic carbocycles. The lowest BCUT2D eigenvalue weighted by atomic mass is 10.1. The lowest BCUT2D eigenvalue weighted by Gasteiger charge is -2.12. The van der Waals surface area contributed by atoms with Crippen LogP contribution in [-0.4, -0.2) is 22.9 Å². The second kappa shape index (κ2) is 8.66. The van der Waals surface area contributed by atoms with E-state index in [1.165, 1.54) is 11.1 Å². The summed E-state index contributed by atoms with van der Waals surface area (Å²) in [6.45, 7) is 2.69. The number of aryl methyl sites for hydroxylation is 1. The molecule has 0 aliphatic carbocycles. The molecule has 0 aliphatic rings. The molecule has 2 amide bonds. The van der Waals surface area contributed by atoms with Gasteiger partial charge in [-0.2, -0.15) is 0 Å². The van der Waals surface area contributed by atoms with Gasteiger partial charge in [-0.25, -0.2) is 0 Å². The van der Waals surface area contributed by atoms with Crippen LogP contribution in [0.4, 0.5) is 5.69 Å². The fraction of sp³-hybridized carbons (Fsp3) is 0.120. The predicted molar refractivity (Wildman–Crippen MR) is 120 cm³/mol. The minimum absolute atomic E-state index is 0.0945. The number of aromatic nitrogens is 1. The van der Waals surface area contributed by atoms with Crippen molar-refractivity contribution in [3.63, 3.8) is 0 Å². The lowest BCUT2D eigenvalue weighted by molar-refractivity contribution is -0.115. The Kier molecular flexibility index (Phi) is 5.61. The van der Waals surface area contributed by atoms with Crippen LogP contribution in [0.15, 0.2) is 85.1 Å². The molecule has 1 heterocycles. The van der Waals surface area contributed by atoms with Crippen molar-refractivity contribution in [2.45, 2.75) is 13.5 Å². The number of hydrogen-bond acceptors (Lipinski definition) is 2. The van der Waals surface area contributed by atoms with Crippen LogP contribution in [-0.2, 0) is 11.3 Å². The van der Waals surface area contributed by atoms with Gasteiger partial charge in [0.15, 0.2) is 0 Å². The predicted octanol–water partition coefficient (Wildman–Crippen LogP) is 4.37. The molecule has 1 aromatic heterocycles. The summed E-state index contributed by atoms with van der Waals surface area (Å²) in [5, 5.41) is 6.65. The standard InChI is InChI=1S/C25H23N3O2/c1-18-7-5-8-19(15-18)17-28-14-13-20-11-6-12-22(24(20)28)27-23(29)16-26-25(30)21-9-3-2-4-10-21/h2-15H,16-17H2,1H3,(H,26,30)(H,27,29). The fourth-order valence-electron chi connectivity index (χ4n) is 3.55. The Bertz CT molecular complexity index is 1200. The molecule has 5 heteroatoms. The molecular formula is C25H23N3O2. The molecule has 0 radical (unpaired) electrons. The lowest BCUT2D eigenvalue weighted by Crippen LogP contribution is -2.32. The quantitative estimate of drug-likeness (QED) is 0.508. The van der Waals surface area contributed by atoms with Crippen LogP contribution in [0.1, 0.15) is 21.5 Å². The van der Waals surface area contributed by atoms with Gasteiger partial charge in [0, 0.05) is 23.7 Å². The van der Waals surface area contributed by atoms with Crippen LogP contribution in [0, 0.1) is 6.92 Å². The third-order valence-electron chi connectivity index (χ3n) is 4.94. The number of fused-ring (bicyclic) bond motifs is 1. The van der Waals surface area contributed by atoms with Gasteiger partial charge in [-0.05, 0) is 36.8 Å². The van der Waals surface area contributed by atoms with E-state index in [-0.39, 0.29) is 18.4 Å². The Morgan fingerprint density at radius 3 is 2.50 bits per heavy atom. The summed E-state index contributed by atoms with van der Waals surface area (Å²) in [5.74, 6) is -0.540. The number of para-hydroxylation sites is 1. The molecule has 150 valence electrons. The molecule has 0 atom stereocenters. The Morgan fingerprint density at radius 1 is 0.900 bits per heavy atom. The maximum absolute atomic E-state index is 12.5. The minimum atomic E-state index is -0.271. The Hall–Kier alpha value is -3.86. The van der Waals surface area contributed by atoms with Gasteiger partial charge in [0.1, 0.15) is 0 Å². The molecule has 30 heavy (non-hydrogen) atoms. The van der Waals surface area contributed by atoms with E-state index in [0.29, 0.717) is 12.1 Å². The van der Waals surface area contributed by atoms with E-state index in [1.54, 1.807) is 24.3 Å². The summed E-state index contributed by atoms with van der Waals surface area (Å²) >= 11 is 0. The molecule has 5 nitrogen and oxygen atoms in total. The van der Waals surface area contributed by atoms with Crippen molar-refractivity contribution in [1.29, 1.82) is 0 Å². The Morgan fingerprint density at radius 2 is 1.70 bits per heavy atom. The number of nitrogens with one attached hydrogen (secondary N) is 2. The van der Waals surface area contributed by atoms with Crippen molar-refractivity contribution < 1.29 is 9.59 Å². The second-order valence-corrected chi connectivity index (χ2v) is 7.27. The number of hydrogen-bond donors (Lipinski definition) is 2. The monoisotopic (exact) mass is 397 g/mol. The zero-order chi connectivity index (χ0) is 20.9. The molecule has 0 saturated carbocycles. The molecule has 0 unspecified atom stereocenters. The molecule has 0 spiro atoms. The van der Waals surface area contributed by atoms with Crippen LogP contribution in [0.2, 0.25) is 0 Å². The average molecular weight is 397 g/mol. The number of anilines is 1. The summed E-state index contributed by atoms with van der Waals surface area (Å²) in [7, 11) is 0. The number of carbonyl (C=O) groups is 2. The molecule has 4 rings (SSSR count). The molecule has 2 N–H and O–H groups in total. The topological polar surface area (TPSA) is 63.1 Å². The van der Waals surface area contributed by atoms with E-state index in [0.717, 1.165) is 16.6 Å². The van der Waals surface area contributed by atoms with Gasteiger partial charge in [0.05, 0.1) is 17.7 Å². The SMILES string of the molecule is Cc1cccc(Cn2ccc3cccc(NC(=O)CNC(=O)c4ccccc4)c32)c1. The van der Waals surface area contributed by atoms with E-state index >= 15 is 0 Å². The van der Waals surface area contributed by atoms with Crippen molar-refractivity contribution in [3.8, 4) is 0 Å². The van der Waals surface area contributed by atoms with E-state index in [9.17, 15) is 9.59 Å². The van der Waals surface area contributed by atoms with Crippen LogP contribution < -0.4 is 10.6 Å². The molecule has 4 aromatic rings. The van der Waals surface area contributed by atoms with Gasteiger partial charge in [0.25, 0.3) is 5.91 Å². The largest absolute Gasteiger partial charge is 0.343 e. The van der Waals surface area contributed by atoms with Gasteiger partial charge >= 0.3 is 0 Å². The smallest absolute Gasteiger partial charge is 0.251 e. The highest BCUT2D eigenvalue weighted by molar-refractivity contribution is 6.03. The summed E-state index contributed by atoms with van der Waals surface area (Å²) in [6, 6.07) is 25.1. The van der Waals surface area contributed by atoms with Crippen molar-refractivity contribution in [2.24, 2.45) is 0 Å². The van der Waals surface area contributed by atoms with Crippen LogP contribution in [0.3, 0.4) is 0 Å². The summed E-state index contributed by atoms with van der Waals surface area (Å²) in [6.07, 6.45) is 2.03. The maximum atomic E-state index is 12.5. The number of carbonyl (C=O) groups excluding carboxylic acids is 2. The van der Waals surface area contributed by atoms with Gasteiger partial charge in [-0.3, -0.25) is 9.59 Å². The normalized spacial score (nSPS) is 10.7. The first-order chi connectivity index (χ1) is 14.6. The van der Waals surface area contributed by atoms with Crippen molar-refractivity contribution in [3.05, 3.63) is 102 Å². The molecule has 0 fully saturated rings. The van der Waals surface area contributed by atoms with Gasteiger partial charge in [0.2, 0.25) is 5.91 Å². The summed E-state index contributed by atoms with van der Waals surface area (Å²) < 4.78 is 2.13. The third-order valence-corrected chi connectivity index (χ3v) is 4.94. The summed E-state index contributed by atoms with van der Waals surface area (Å²) in [4.78, 5) is 24.7. The minimum Gasteiger partial charge on any atom is -0.343 e. The van der Waals surface area contributed by atoms with Gasteiger partial charge < -0.3 is 15.2 Å². The first-order valence-corrected chi connectivity index (χ1v) is 9.87. The van der Waals surface area contributed by atoms with Crippen molar-refractivity contribution in [2.75, 3.05) is 11.9 Å². The number of rotatable bonds is 6. The van der Waals surface area contributed by atoms with Crippen molar-refractivity contribution >= 4 is 28.4 Å². The Labute approximate surface area is 175 Å². The van der Waals surface area contributed by atoms with Crippen LogP contribution in [0.5, 0.6) is 0 Å². The highest BCUT2D eigenvalue weighted by atomic mass is 16.2. The van der Waals surface area contributed by atoms with E-state index < -0.39 is 0 Å². The highest BCUT2D eigenvalue weighted by Gasteiger charge is 2.12. The summed E-state index contributed by atoms with van der Waals surface area (Å²) in [5.41, 5.74) is 4.63. The van der Waals surface area contributed by atoms with E-state index in [4.69, 9.17) is 0 Å². The number of nitrogens with zero attached hydrogens (tertiary/aromatic N) is 1. The van der Waals surface area contributed by atoms with Gasteiger partial charge in [-0.1, -0.05) is 60.2 Å².